The molecule has 140 valence electrons. The van der Waals surface area contributed by atoms with Crippen molar-refractivity contribution in [2.75, 3.05) is 41.9 Å². The molecule has 26 heavy (non-hydrogen) atoms. The van der Waals surface area contributed by atoms with Gasteiger partial charge in [0, 0.05) is 50.2 Å². The lowest BCUT2D eigenvalue weighted by Gasteiger charge is -2.39. The maximum atomic E-state index is 4.75. The molecule has 0 amide bonds. The second-order valence-corrected chi connectivity index (χ2v) is 8.81. The number of anilines is 3. The van der Waals surface area contributed by atoms with Crippen LogP contribution >= 0.6 is 11.3 Å². The highest BCUT2D eigenvalue weighted by Gasteiger charge is 2.37. The first-order valence-electron chi connectivity index (χ1n) is 9.49. The molecule has 4 rings (SSSR count). The molecule has 7 heteroatoms. The van der Waals surface area contributed by atoms with Crippen LogP contribution in [0.2, 0.25) is 0 Å². The van der Waals surface area contributed by atoms with Crippen LogP contribution in [-0.2, 0) is 0 Å². The summed E-state index contributed by atoms with van der Waals surface area (Å²) in [6, 6.07) is 3.35. The minimum atomic E-state index is 0.561. The summed E-state index contributed by atoms with van der Waals surface area (Å²) < 4.78 is 0. The van der Waals surface area contributed by atoms with E-state index in [9.17, 15) is 0 Å². The van der Waals surface area contributed by atoms with Crippen LogP contribution in [0.1, 0.15) is 36.3 Å². The molecule has 0 N–H and O–H groups in total. The summed E-state index contributed by atoms with van der Waals surface area (Å²) in [6.45, 7) is 6.42. The fourth-order valence-corrected chi connectivity index (χ4v) is 4.64. The van der Waals surface area contributed by atoms with Gasteiger partial charge in [0.25, 0.3) is 0 Å². The highest BCUT2D eigenvalue weighted by atomic mass is 32.1. The van der Waals surface area contributed by atoms with Gasteiger partial charge in [0.1, 0.15) is 18.0 Å². The Morgan fingerprint density at radius 1 is 1.00 bits per heavy atom. The Morgan fingerprint density at radius 2 is 1.65 bits per heavy atom. The van der Waals surface area contributed by atoms with E-state index in [-0.39, 0.29) is 0 Å². The van der Waals surface area contributed by atoms with E-state index in [1.807, 2.05) is 30.3 Å². The Hall–Kier alpha value is -1.89. The molecule has 0 atom stereocenters. The molecule has 2 aromatic rings. The SMILES string of the molecule is Cc1nc(N2CCC(N(c3cc(N(C)C)ncn3)C3CC3)CC2)sc1C. The average Bonchev–Trinajstić information content (AvgIpc) is 3.41. The number of nitrogens with zero attached hydrogens (tertiary/aromatic N) is 6. The normalized spacial score (nSPS) is 18.2. The van der Waals surface area contributed by atoms with E-state index in [4.69, 9.17) is 4.98 Å². The van der Waals surface area contributed by atoms with Gasteiger partial charge < -0.3 is 14.7 Å². The molecule has 2 fully saturated rings. The topological polar surface area (TPSA) is 48.4 Å². The molecule has 0 spiro atoms. The van der Waals surface area contributed by atoms with E-state index in [2.05, 4.69) is 39.7 Å². The Labute approximate surface area is 159 Å². The van der Waals surface area contributed by atoms with E-state index in [0.29, 0.717) is 12.1 Å². The maximum Gasteiger partial charge on any atom is 0.185 e. The lowest BCUT2D eigenvalue weighted by molar-refractivity contribution is 0.459. The molecule has 1 aliphatic carbocycles. The van der Waals surface area contributed by atoms with Gasteiger partial charge in [-0.1, -0.05) is 0 Å². The molecule has 2 aromatic heterocycles. The molecular formula is C19H28N6S. The first kappa shape index (κ1) is 17.5. The van der Waals surface area contributed by atoms with Crippen molar-refractivity contribution in [1.29, 1.82) is 0 Å². The Bertz CT molecular complexity index is 742. The van der Waals surface area contributed by atoms with Gasteiger partial charge in [-0.05, 0) is 39.5 Å². The van der Waals surface area contributed by atoms with E-state index in [1.54, 1.807) is 6.33 Å². The molecule has 0 bridgehead atoms. The molecule has 2 aliphatic rings. The fourth-order valence-electron chi connectivity index (χ4n) is 3.67. The lowest BCUT2D eigenvalue weighted by Crippen LogP contribution is -2.46. The van der Waals surface area contributed by atoms with Crippen molar-refractivity contribution >= 4 is 28.1 Å². The molecular weight excluding hydrogens is 344 g/mol. The third kappa shape index (κ3) is 3.49. The lowest BCUT2D eigenvalue weighted by atomic mass is 10.0. The molecule has 1 saturated carbocycles. The first-order valence-corrected chi connectivity index (χ1v) is 10.3. The zero-order valence-corrected chi connectivity index (χ0v) is 17.0. The summed E-state index contributed by atoms with van der Waals surface area (Å²) >= 11 is 1.83. The van der Waals surface area contributed by atoms with Crippen LogP contribution in [0.15, 0.2) is 12.4 Å². The van der Waals surface area contributed by atoms with Crippen molar-refractivity contribution in [1.82, 2.24) is 15.0 Å². The smallest absolute Gasteiger partial charge is 0.185 e. The van der Waals surface area contributed by atoms with Crippen LogP contribution in [0.25, 0.3) is 0 Å². The van der Waals surface area contributed by atoms with Gasteiger partial charge in [-0.15, -0.1) is 11.3 Å². The number of thiazole rings is 1. The Morgan fingerprint density at radius 3 is 2.23 bits per heavy atom. The van der Waals surface area contributed by atoms with E-state index < -0.39 is 0 Å². The summed E-state index contributed by atoms with van der Waals surface area (Å²) in [6.07, 6.45) is 6.60. The highest BCUT2D eigenvalue weighted by Crippen LogP contribution is 2.37. The van der Waals surface area contributed by atoms with Gasteiger partial charge in [0.15, 0.2) is 5.13 Å². The van der Waals surface area contributed by atoms with Crippen molar-refractivity contribution in [2.45, 2.75) is 51.6 Å². The number of aryl methyl sites for hydroxylation is 2. The number of piperidine rings is 1. The van der Waals surface area contributed by atoms with Gasteiger partial charge in [-0.25, -0.2) is 15.0 Å². The van der Waals surface area contributed by atoms with Crippen molar-refractivity contribution in [3.8, 4) is 0 Å². The molecule has 1 aliphatic heterocycles. The third-order valence-electron chi connectivity index (χ3n) is 5.45. The van der Waals surface area contributed by atoms with Crippen LogP contribution in [-0.4, -0.2) is 54.2 Å². The Balaban J connectivity index is 1.48. The minimum absolute atomic E-state index is 0.561. The van der Waals surface area contributed by atoms with Crippen molar-refractivity contribution in [3.63, 3.8) is 0 Å². The fraction of sp³-hybridized carbons (Fsp3) is 0.632. The predicted octanol–water partition coefficient (Wildman–Crippen LogP) is 3.25. The second-order valence-electron chi connectivity index (χ2n) is 7.62. The number of hydrogen-bond acceptors (Lipinski definition) is 7. The molecule has 3 heterocycles. The zero-order valence-electron chi connectivity index (χ0n) is 16.1. The van der Waals surface area contributed by atoms with Crippen molar-refractivity contribution < 1.29 is 0 Å². The molecule has 0 unspecified atom stereocenters. The summed E-state index contributed by atoms with van der Waals surface area (Å²) in [4.78, 5) is 22.2. The van der Waals surface area contributed by atoms with Gasteiger partial charge >= 0.3 is 0 Å². The summed E-state index contributed by atoms with van der Waals surface area (Å²) in [5, 5.41) is 1.19. The summed E-state index contributed by atoms with van der Waals surface area (Å²) in [5.74, 6) is 2.07. The van der Waals surface area contributed by atoms with Gasteiger partial charge in [0.05, 0.1) is 5.69 Å². The van der Waals surface area contributed by atoms with Gasteiger partial charge in [0.2, 0.25) is 0 Å². The summed E-state index contributed by atoms with van der Waals surface area (Å²) in [5.41, 5.74) is 1.17. The number of hydrogen-bond donors (Lipinski definition) is 0. The Kier molecular flexibility index (Phi) is 4.73. The van der Waals surface area contributed by atoms with Crippen LogP contribution in [0, 0.1) is 13.8 Å². The zero-order chi connectivity index (χ0) is 18.3. The first-order chi connectivity index (χ1) is 12.5. The van der Waals surface area contributed by atoms with Crippen LogP contribution < -0.4 is 14.7 Å². The minimum Gasteiger partial charge on any atom is -0.363 e. The van der Waals surface area contributed by atoms with E-state index >= 15 is 0 Å². The standard InChI is InChI=1S/C19H28N6S/c1-13-14(2)26-19(22-13)24-9-7-16(8-10-24)25(15-5-6-15)18-11-17(23(3)4)20-12-21-18/h11-12,15-16H,5-10H2,1-4H3. The van der Waals surface area contributed by atoms with E-state index in [1.165, 1.54) is 28.5 Å². The number of rotatable bonds is 5. The van der Waals surface area contributed by atoms with Gasteiger partial charge in [-0.2, -0.15) is 0 Å². The molecule has 6 nitrogen and oxygen atoms in total. The summed E-state index contributed by atoms with van der Waals surface area (Å²) in [7, 11) is 4.06. The third-order valence-corrected chi connectivity index (χ3v) is 6.58. The highest BCUT2D eigenvalue weighted by molar-refractivity contribution is 7.15. The van der Waals surface area contributed by atoms with Gasteiger partial charge in [-0.3, -0.25) is 0 Å². The monoisotopic (exact) mass is 372 g/mol. The number of aromatic nitrogens is 3. The molecule has 1 saturated heterocycles. The van der Waals surface area contributed by atoms with Crippen LogP contribution in [0.4, 0.5) is 16.8 Å². The average molecular weight is 373 g/mol. The largest absolute Gasteiger partial charge is 0.363 e. The molecule has 0 radical (unpaired) electrons. The quantitative estimate of drug-likeness (QED) is 0.803. The molecule has 0 aromatic carbocycles. The maximum absolute atomic E-state index is 4.75. The van der Waals surface area contributed by atoms with Crippen LogP contribution in [0.5, 0.6) is 0 Å². The van der Waals surface area contributed by atoms with E-state index in [0.717, 1.165) is 37.6 Å². The predicted molar refractivity (Wildman–Crippen MR) is 109 cm³/mol. The second kappa shape index (κ2) is 7.02. The van der Waals surface area contributed by atoms with Crippen molar-refractivity contribution in [2.24, 2.45) is 0 Å². The van der Waals surface area contributed by atoms with Crippen LogP contribution in [0.3, 0.4) is 0 Å². The van der Waals surface area contributed by atoms with Crippen molar-refractivity contribution in [3.05, 3.63) is 23.0 Å².